The van der Waals surface area contributed by atoms with Crippen molar-refractivity contribution in [3.63, 3.8) is 0 Å². The van der Waals surface area contributed by atoms with E-state index in [1.807, 2.05) is 11.3 Å². The van der Waals surface area contributed by atoms with Gasteiger partial charge in [0.05, 0.1) is 16.8 Å². The van der Waals surface area contributed by atoms with E-state index in [1.54, 1.807) is 0 Å². The standard InChI is InChI=1S/C14H19N3S/c1-14(2)10-15-7-8-17(14)9-13-16-11-5-3-4-6-12(11)18-13/h3-6,15H,7-10H2,1-2H3. The van der Waals surface area contributed by atoms with Crippen LogP contribution in [-0.4, -0.2) is 35.1 Å². The van der Waals surface area contributed by atoms with Gasteiger partial charge in [0, 0.05) is 25.2 Å². The molecule has 0 radical (unpaired) electrons. The first kappa shape index (κ1) is 12.1. The molecule has 2 aromatic rings. The number of aromatic nitrogens is 1. The van der Waals surface area contributed by atoms with E-state index in [2.05, 4.69) is 48.3 Å². The van der Waals surface area contributed by atoms with Gasteiger partial charge in [-0.3, -0.25) is 4.90 Å². The molecule has 3 nitrogen and oxygen atoms in total. The first-order valence-electron chi connectivity index (χ1n) is 6.45. The lowest BCUT2D eigenvalue weighted by atomic mass is 10.0. The number of fused-ring (bicyclic) bond motifs is 1. The van der Waals surface area contributed by atoms with E-state index in [9.17, 15) is 0 Å². The van der Waals surface area contributed by atoms with Crippen LogP contribution in [0.5, 0.6) is 0 Å². The van der Waals surface area contributed by atoms with Crippen molar-refractivity contribution in [3.8, 4) is 0 Å². The fourth-order valence-electron chi connectivity index (χ4n) is 2.47. The predicted molar refractivity (Wildman–Crippen MR) is 77.0 cm³/mol. The number of benzene rings is 1. The lowest BCUT2D eigenvalue weighted by Gasteiger charge is -2.42. The van der Waals surface area contributed by atoms with Crippen molar-refractivity contribution < 1.29 is 0 Å². The number of nitrogens with one attached hydrogen (secondary N) is 1. The van der Waals surface area contributed by atoms with Crippen LogP contribution in [0, 0.1) is 0 Å². The van der Waals surface area contributed by atoms with E-state index in [-0.39, 0.29) is 5.54 Å². The number of hydrogen-bond acceptors (Lipinski definition) is 4. The third-order valence-electron chi connectivity index (χ3n) is 3.64. The fraction of sp³-hybridized carbons (Fsp3) is 0.500. The summed E-state index contributed by atoms with van der Waals surface area (Å²) in [5.41, 5.74) is 1.35. The Morgan fingerprint density at radius 3 is 3.00 bits per heavy atom. The number of nitrogens with zero attached hydrogens (tertiary/aromatic N) is 2. The third kappa shape index (κ3) is 2.28. The molecule has 2 heterocycles. The smallest absolute Gasteiger partial charge is 0.108 e. The maximum Gasteiger partial charge on any atom is 0.108 e. The van der Waals surface area contributed by atoms with Crippen molar-refractivity contribution >= 4 is 21.6 Å². The monoisotopic (exact) mass is 261 g/mol. The molecule has 1 fully saturated rings. The Bertz CT molecular complexity index is 514. The van der Waals surface area contributed by atoms with E-state index >= 15 is 0 Å². The van der Waals surface area contributed by atoms with Crippen molar-refractivity contribution in [3.05, 3.63) is 29.3 Å². The average molecular weight is 261 g/mol. The Morgan fingerprint density at radius 2 is 2.22 bits per heavy atom. The molecular weight excluding hydrogens is 242 g/mol. The van der Waals surface area contributed by atoms with Crippen LogP contribution < -0.4 is 5.32 Å². The zero-order valence-corrected chi connectivity index (χ0v) is 11.8. The van der Waals surface area contributed by atoms with E-state index in [0.717, 1.165) is 31.7 Å². The van der Waals surface area contributed by atoms with Crippen molar-refractivity contribution in [2.24, 2.45) is 0 Å². The minimum atomic E-state index is 0.218. The average Bonchev–Trinajstić information content (AvgIpc) is 2.74. The summed E-state index contributed by atoms with van der Waals surface area (Å²) in [6.07, 6.45) is 0. The van der Waals surface area contributed by atoms with Gasteiger partial charge in [-0.1, -0.05) is 12.1 Å². The van der Waals surface area contributed by atoms with Gasteiger partial charge in [0.1, 0.15) is 5.01 Å². The number of thiazole rings is 1. The molecule has 3 rings (SSSR count). The Labute approximate surface area is 112 Å². The van der Waals surface area contributed by atoms with Crippen molar-refractivity contribution in [2.45, 2.75) is 25.9 Å². The summed E-state index contributed by atoms with van der Waals surface area (Å²) >= 11 is 1.82. The van der Waals surface area contributed by atoms with E-state index < -0.39 is 0 Å². The maximum absolute atomic E-state index is 4.73. The summed E-state index contributed by atoms with van der Waals surface area (Å²) in [5, 5.41) is 4.69. The molecule has 0 aliphatic carbocycles. The molecule has 4 heteroatoms. The molecule has 0 atom stereocenters. The summed E-state index contributed by atoms with van der Waals surface area (Å²) in [5.74, 6) is 0. The lowest BCUT2D eigenvalue weighted by Crippen LogP contribution is -2.57. The third-order valence-corrected chi connectivity index (χ3v) is 4.66. The maximum atomic E-state index is 4.73. The molecule has 0 saturated carbocycles. The van der Waals surface area contributed by atoms with E-state index in [0.29, 0.717) is 0 Å². The molecule has 1 aromatic carbocycles. The van der Waals surface area contributed by atoms with Gasteiger partial charge < -0.3 is 5.32 Å². The van der Waals surface area contributed by atoms with Crippen molar-refractivity contribution in [1.29, 1.82) is 0 Å². The summed E-state index contributed by atoms with van der Waals surface area (Å²) in [6, 6.07) is 8.39. The van der Waals surface area contributed by atoms with Gasteiger partial charge in [0.2, 0.25) is 0 Å². The van der Waals surface area contributed by atoms with Gasteiger partial charge >= 0.3 is 0 Å². The highest BCUT2D eigenvalue weighted by Crippen LogP contribution is 2.25. The van der Waals surface area contributed by atoms with Crippen LogP contribution in [0.15, 0.2) is 24.3 Å². The van der Waals surface area contributed by atoms with Crippen LogP contribution in [0.4, 0.5) is 0 Å². The molecule has 96 valence electrons. The second-order valence-electron chi connectivity index (χ2n) is 5.49. The number of hydrogen-bond donors (Lipinski definition) is 1. The number of rotatable bonds is 2. The quantitative estimate of drug-likeness (QED) is 0.900. The minimum absolute atomic E-state index is 0.218. The zero-order valence-electron chi connectivity index (χ0n) is 10.9. The van der Waals surface area contributed by atoms with Gasteiger partial charge in [-0.2, -0.15) is 0 Å². The Balaban J connectivity index is 1.83. The first-order valence-corrected chi connectivity index (χ1v) is 7.27. The lowest BCUT2D eigenvalue weighted by molar-refractivity contribution is 0.0827. The summed E-state index contributed by atoms with van der Waals surface area (Å²) in [7, 11) is 0. The molecule has 0 unspecified atom stereocenters. The molecular formula is C14H19N3S. The molecule has 0 amide bonds. The molecule has 0 spiro atoms. The molecule has 1 N–H and O–H groups in total. The molecule has 0 bridgehead atoms. The molecule has 1 saturated heterocycles. The number of piperazine rings is 1. The van der Waals surface area contributed by atoms with Crippen molar-refractivity contribution in [1.82, 2.24) is 15.2 Å². The normalized spacial score (nSPS) is 20.3. The van der Waals surface area contributed by atoms with Crippen LogP contribution in [0.2, 0.25) is 0 Å². The molecule has 1 aliphatic heterocycles. The molecule has 1 aliphatic rings. The van der Waals surface area contributed by atoms with Gasteiger partial charge in [-0.15, -0.1) is 11.3 Å². The Hall–Kier alpha value is -0.970. The SMILES string of the molecule is CC1(C)CNCCN1Cc1nc2ccccc2s1. The Morgan fingerprint density at radius 1 is 1.39 bits per heavy atom. The van der Waals surface area contributed by atoms with E-state index in [4.69, 9.17) is 4.98 Å². The number of para-hydroxylation sites is 1. The first-order chi connectivity index (χ1) is 8.65. The highest BCUT2D eigenvalue weighted by atomic mass is 32.1. The molecule has 18 heavy (non-hydrogen) atoms. The van der Waals surface area contributed by atoms with Gasteiger partial charge in [0.15, 0.2) is 0 Å². The Kier molecular flexibility index (Phi) is 3.09. The van der Waals surface area contributed by atoms with Crippen LogP contribution in [0.3, 0.4) is 0 Å². The fourth-order valence-corrected chi connectivity index (χ4v) is 3.45. The minimum Gasteiger partial charge on any atom is -0.314 e. The van der Waals surface area contributed by atoms with Crippen LogP contribution in [0.25, 0.3) is 10.2 Å². The topological polar surface area (TPSA) is 28.2 Å². The van der Waals surface area contributed by atoms with Crippen molar-refractivity contribution in [2.75, 3.05) is 19.6 Å². The second-order valence-corrected chi connectivity index (χ2v) is 6.60. The largest absolute Gasteiger partial charge is 0.314 e. The van der Waals surface area contributed by atoms with Crippen LogP contribution >= 0.6 is 11.3 Å². The van der Waals surface area contributed by atoms with Gasteiger partial charge in [-0.25, -0.2) is 4.98 Å². The van der Waals surface area contributed by atoms with Gasteiger partial charge in [-0.05, 0) is 26.0 Å². The highest BCUT2D eigenvalue weighted by Gasteiger charge is 2.29. The second kappa shape index (κ2) is 4.61. The van der Waals surface area contributed by atoms with Crippen LogP contribution in [-0.2, 0) is 6.54 Å². The van der Waals surface area contributed by atoms with E-state index in [1.165, 1.54) is 9.71 Å². The highest BCUT2D eigenvalue weighted by molar-refractivity contribution is 7.18. The van der Waals surface area contributed by atoms with Gasteiger partial charge in [0.25, 0.3) is 0 Å². The summed E-state index contributed by atoms with van der Waals surface area (Å²) in [6.45, 7) is 8.79. The summed E-state index contributed by atoms with van der Waals surface area (Å²) in [4.78, 5) is 7.26. The predicted octanol–water partition coefficient (Wildman–Crippen LogP) is 2.48. The zero-order chi connectivity index (χ0) is 12.6. The van der Waals surface area contributed by atoms with Crippen LogP contribution in [0.1, 0.15) is 18.9 Å². The summed E-state index contributed by atoms with van der Waals surface area (Å²) < 4.78 is 1.29. The molecule has 1 aromatic heterocycles.